The first-order chi connectivity index (χ1) is 14.0. The van der Waals surface area contributed by atoms with Crippen LogP contribution in [-0.4, -0.2) is 73.0 Å². The zero-order valence-corrected chi connectivity index (χ0v) is 20.7. The third kappa shape index (κ3) is 7.07. The fourth-order valence-electron chi connectivity index (χ4n) is 3.19. The van der Waals surface area contributed by atoms with Crippen molar-refractivity contribution in [3.63, 3.8) is 0 Å². The summed E-state index contributed by atoms with van der Waals surface area (Å²) in [6.07, 6.45) is 0.598. The van der Waals surface area contributed by atoms with Gasteiger partial charge in [0.15, 0.2) is 5.96 Å². The number of halogens is 2. The van der Waals surface area contributed by atoms with Crippen LogP contribution in [0, 0.1) is 0 Å². The molecule has 1 fully saturated rings. The molecule has 0 spiro atoms. The van der Waals surface area contributed by atoms with Gasteiger partial charge in [-0.2, -0.15) is 4.98 Å². The summed E-state index contributed by atoms with van der Waals surface area (Å²) >= 11 is 6.02. The number of rotatable bonds is 7. The fourth-order valence-corrected chi connectivity index (χ4v) is 3.38. The molecule has 0 saturated carbocycles. The van der Waals surface area contributed by atoms with E-state index >= 15 is 0 Å². The predicted molar refractivity (Wildman–Crippen MR) is 130 cm³/mol. The van der Waals surface area contributed by atoms with Crippen LogP contribution in [0.25, 0.3) is 11.4 Å². The van der Waals surface area contributed by atoms with Crippen molar-refractivity contribution in [2.75, 3.05) is 46.4 Å². The van der Waals surface area contributed by atoms with E-state index in [0.29, 0.717) is 29.7 Å². The lowest BCUT2D eigenvalue weighted by Crippen LogP contribution is -2.56. The largest absolute Gasteiger partial charge is 0.379 e. The van der Waals surface area contributed by atoms with Gasteiger partial charge in [0.05, 0.1) is 13.2 Å². The second kappa shape index (κ2) is 11.8. The molecule has 2 heterocycles. The van der Waals surface area contributed by atoms with Crippen molar-refractivity contribution in [2.45, 2.75) is 25.8 Å². The van der Waals surface area contributed by atoms with Crippen molar-refractivity contribution in [1.82, 2.24) is 25.7 Å². The third-order valence-corrected chi connectivity index (χ3v) is 5.20. The Labute approximate surface area is 199 Å². The lowest BCUT2D eigenvalue weighted by atomic mass is 10.0. The van der Waals surface area contributed by atoms with Crippen molar-refractivity contribution >= 4 is 41.5 Å². The summed E-state index contributed by atoms with van der Waals surface area (Å²) in [5.74, 6) is 1.86. The molecule has 0 amide bonds. The number of guanidine groups is 1. The Morgan fingerprint density at radius 3 is 2.73 bits per heavy atom. The molecule has 0 unspecified atom stereocenters. The Morgan fingerprint density at radius 1 is 1.27 bits per heavy atom. The molecule has 1 aromatic carbocycles. The van der Waals surface area contributed by atoms with Gasteiger partial charge in [-0.15, -0.1) is 24.0 Å². The average Bonchev–Trinajstić information content (AvgIpc) is 3.20. The number of ether oxygens (including phenoxy) is 1. The van der Waals surface area contributed by atoms with E-state index < -0.39 is 0 Å². The molecule has 1 aromatic heterocycles. The highest BCUT2D eigenvalue weighted by molar-refractivity contribution is 14.0. The molecular formula is C20H30ClIN6O2. The van der Waals surface area contributed by atoms with Crippen molar-refractivity contribution in [3.05, 3.63) is 35.2 Å². The quantitative estimate of drug-likeness (QED) is 0.313. The minimum atomic E-state index is 0. The highest BCUT2D eigenvalue weighted by Gasteiger charge is 2.28. The molecular weight excluding hydrogens is 519 g/mol. The zero-order chi connectivity index (χ0) is 20.7. The minimum absolute atomic E-state index is 0. The van der Waals surface area contributed by atoms with Crippen molar-refractivity contribution in [3.8, 4) is 11.4 Å². The van der Waals surface area contributed by atoms with Crippen molar-refractivity contribution in [2.24, 2.45) is 4.99 Å². The average molecular weight is 549 g/mol. The lowest BCUT2D eigenvalue weighted by molar-refractivity contribution is -0.00833. The molecule has 2 N–H and O–H groups in total. The fraction of sp³-hybridized carbons (Fsp3) is 0.550. The third-order valence-electron chi connectivity index (χ3n) is 4.96. The van der Waals surface area contributed by atoms with Gasteiger partial charge in [0.25, 0.3) is 0 Å². The van der Waals surface area contributed by atoms with Crippen molar-refractivity contribution < 1.29 is 9.26 Å². The van der Waals surface area contributed by atoms with E-state index in [9.17, 15) is 0 Å². The molecule has 30 heavy (non-hydrogen) atoms. The molecule has 10 heteroatoms. The summed E-state index contributed by atoms with van der Waals surface area (Å²) in [5, 5.41) is 11.4. The summed E-state index contributed by atoms with van der Waals surface area (Å²) in [4.78, 5) is 11.2. The maximum atomic E-state index is 6.02. The molecule has 0 atom stereocenters. The summed E-state index contributed by atoms with van der Waals surface area (Å²) < 4.78 is 10.8. The Hall–Kier alpha value is -1.43. The molecule has 1 saturated heterocycles. The number of hydrogen-bond donors (Lipinski definition) is 2. The molecule has 1 aliphatic rings. The van der Waals surface area contributed by atoms with E-state index in [0.717, 1.165) is 44.4 Å². The number of hydrogen-bond acceptors (Lipinski definition) is 6. The Balaban J connectivity index is 0.00000320. The van der Waals surface area contributed by atoms with Crippen LogP contribution in [0.2, 0.25) is 5.02 Å². The summed E-state index contributed by atoms with van der Waals surface area (Å²) in [7, 11) is 1.76. The maximum Gasteiger partial charge on any atom is 0.228 e. The normalized spacial score (nSPS) is 15.5. The Bertz CT molecular complexity index is 823. The van der Waals surface area contributed by atoms with Crippen LogP contribution in [0.4, 0.5) is 0 Å². The van der Waals surface area contributed by atoms with Gasteiger partial charge in [-0.05, 0) is 26.0 Å². The standard InChI is InChI=1S/C20H29ClN6O2.HI/c1-20(2,27-9-11-28-12-10-27)14-24-19(22-3)23-8-7-17-25-18(26-29-17)15-5-4-6-16(21)13-15;/h4-6,13H,7-12,14H2,1-3H3,(H2,22,23,24);1H. The molecule has 3 rings (SSSR count). The molecule has 0 radical (unpaired) electrons. The van der Waals surface area contributed by atoms with Crippen molar-refractivity contribution in [1.29, 1.82) is 0 Å². The van der Waals surface area contributed by atoms with Gasteiger partial charge in [-0.25, -0.2) is 0 Å². The Morgan fingerprint density at radius 2 is 2.03 bits per heavy atom. The SMILES string of the molecule is CN=C(NCCc1nc(-c2cccc(Cl)c2)no1)NCC(C)(C)N1CCOCC1.I. The smallest absolute Gasteiger partial charge is 0.228 e. The van der Waals surface area contributed by atoms with Gasteiger partial charge in [0.1, 0.15) is 0 Å². The zero-order valence-electron chi connectivity index (χ0n) is 17.7. The number of morpholine rings is 1. The van der Waals surface area contributed by atoms with E-state index in [4.69, 9.17) is 20.9 Å². The first-order valence-electron chi connectivity index (χ1n) is 9.84. The molecule has 0 aliphatic carbocycles. The summed E-state index contributed by atoms with van der Waals surface area (Å²) in [6, 6.07) is 7.40. The monoisotopic (exact) mass is 548 g/mol. The van der Waals surface area contributed by atoms with Crippen LogP contribution in [0.5, 0.6) is 0 Å². The molecule has 1 aliphatic heterocycles. The van der Waals surface area contributed by atoms with Crippen LogP contribution < -0.4 is 10.6 Å². The van der Waals surface area contributed by atoms with Gasteiger partial charge in [-0.1, -0.05) is 28.9 Å². The maximum absolute atomic E-state index is 6.02. The first-order valence-corrected chi connectivity index (χ1v) is 10.2. The lowest BCUT2D eigenvalue weighted by Gasteiger charge is -2.41. The van der Waals surface area contributed by atoms with Gasteiger partial charge >= 0.3 is 0 Å². The second-order valence-corrected chi connectivity index (χ2v) is 7.97. The number of aromatic nitrogens is 2. The van der Waals surface area contributed by atoms with E-state index in [1.165, 1.54) is 0 Å². The van der Waals surface area contributed by atoms with Crippen LogP contribution >= 0.6 is 35.6 Å². The number of aliphatic imine (C=N–C) groups is 1. The van der Waals surface area contributed by atoms with E-state index in [1.54, 1.807) is 7.05 Å². The van der Waals surface area contributed by atoms with Gasteiger partial charge < -0.3 is 19.9 Å². The first kappa shape index (κ1) is 24.8. The highest BCUT2D eigenvalue weighted by atomic mass is 127. The van der Waals surface area contributed by atoms with Gasteiger partial charge in [-0.3, -0.25) is 9.89 Å². The van der Waals surface area contributed by atoms with Crippen LogP contribution in [0.1, 0.15) is 19.7 Å². The van der Waals surface area contributed by atoms with Crippen LogP contribution in [0.3, 0.4) is 0 Å². The van der Waals surface area contributed by atoms with E-state index in [1.807, 2.05) is 24.3 Å². The molecule has 2 aromatic rings. The summed E-state index contributed by atoms with van der Waals surface area (Å²) in [5.41, 5.74) is 0.850. The predicted octanol–water partition coefficient (Wildman–Crippen LogP) is 2.83. The Kier molecular flexibility index (Phi) is 9.79. The van der Waals surface area contributed by atoms with E-state index in [2.05, 4.69) is 44.5 Å². The van der Waals surface area contributed by atoms with Gasteiger partial charge in [0, 0.05) is 55.8 Å². The number of benzene rings is 1. The highest BCUT2D eigenvalue weighted by Crippen LogP contribution is 2.20. The van der Waals surface area contributed by atoms with Gasteiger partial charge in [0.2, 0.25) is 11.7 Å². The molecule has 166 valence electrons. The van der Waals surface area contributed by atoms with Crippen LogP contribution in [-0.2, 0) is 11.2 Å². The number of nitrogens with one attached hydrogen (secondary N) is 2. The molecule has 8 nitrogen and oxygen atoms in total. The topological polar surface area (TPSA) is 87.8 Å². The minimum Gasteiger partial charge on any atom is -0.379 e. The molecule has 0 bridgehead atoms. The van der Waals surface area contributed by atoms with Crippen LogP contribution in [0.15, 0.2) is 33.8 Å². The second-order valence-electron chi connectivity index (χ2n) is 7.54. The van der Waals surface area contributed by atoms with E-state index in [-0.39, 0.29) is 29.5 Å². The summed E-state index contributed by atoms with van der Waals surface area (Å²) in [6.45, 7) is 9.36. The number of nitrogens with zero attached hydrogens (tertiary/aromatic N) is 4.